The van der Waals surface area contributed by atoms with Crippen LogP contribution in [0.1, 0.15) is 31.2 Å². The molecule has 1 saturated heterocycles. The first-order valence-corrected chi connectivity index (χ1v) is 7.65. The zero-order valence-corrected chi connectivity index (χ0v) is 13.2. The molecule has 3 amide bonds. The van der Waals surface area contributed by atoms with E-state index >= 15 is 0 Å². The van der Waals surface area contributed by atoms with Gasteiger partial charge in [0, 0.05) is 20.1 Å². The average molecular weight is 325 g/mol. The number of carbonyl (C=O) groups excluding carboxylic acids is 2. The van der Waals surface area contributed by atoms with Crippen molar-refractivity contribution in [1.82, 2.24) is 15.5 Å². The second kappa shape index (κ2) is 7.39. The Bertz CT molecular complexity index is 595. The zero-order valence-electron chi connectivity index (χ0n) is 13.2. The quantitative estimate of drug-likeness (QED) is 0.889. The Labute approximate surface area is 134 Å². The van der Waals surface area contributed by atoms with Gasteiger partial charge in [-0.1, -0.05) is 13.0 Å². The van der Waals surface area contributed by atoms with Crippen molar-refractivity contribution in [1.29, 1.82) is 0 Å². The molecule has 1 aromatic rings. The fourth-order valence-electron chi connectivity index (χ4n) is 2.73. The molecule has 0 spiro atoms. The van der Waals surface area contributed by atoms with Crippen LogP contribution in [0.2, 0.25) is 0 Å². The number of likely N-dealkylation sites (N-methyl/N-ethyl adjacent to an activating group) is 1. The summed E-state index contributed by atoms with van der Waals surface area (Å²) < 4.78 is 26.2. The van der Waals surface area contributed by atoms with Crippen molar-refractivity contribution in [3.05, 3.63) is 35.4 Å². The molecule has 2 N–H and O–H groups in total. The summed E-state index contributed by atoms with van der Waals surface area (Å²) in [6, 6.07) is 2.95. The monoisotopic (exact) mass is 325 g/mol. The molecular formula is C16H21F2N3O2. The number of nitrogens with one attached hydrogen (secondary N) is 2. The highest BCUT2D eigenvalue weighted by atomic mass is 19.2. The second-order valence-electron chi connectivity index (χ2n) is 5.73. The molecule has 0 unspecified atom stereocenters. The molecule has 5 nitrogen and oxygen atoms in total. The van der Waals surface area contributed by atoms with Gasteiger partial charge >= 0.3 is 6.03 Å². The first-order chi connectivity index (χ1) is 10.9. The number of rotatable bonds is 4. The number of benzene rings is 1. The van der Waals surface area contributed by atoms with Crippen molar-refractivity contribution in [2.45, 2.75) is 31.7 Å². The summed E-state index contributed by atoms with van der Waals surface area (Å²) in [5.74, 6) is -2.14. The van der Waals surface area contributed by atoms with Crippen LogP contribution in [0, 0.1) is 11.6 Å². The first-order valence-electron chi connectivity index (χ1n) is 7.65. The molecule has 126 valence electrons. The molecule has 1 heterocycles. The number of nitrogens with zero attached hydrogens (tertiary/aromatic N) is 1. The van der Waals surface area contributed by atoms with E-state index in [4.69, 9.17) is 0 Å². The lowest BCUT2D eigenvalue weighted by molar-refractivity contribution is -0.124. The van der Waals surface area contributed by atoms with Gasteiger partial charge in [0.1, 0.15) is 6.04 Å². The highest BCUT2D eigenvalue weighted by Gasteiger charge is 2.33. The predicted octanol–water partition coefficient (Wildman–Crippen LogP) is 1.99. The van der Waals surface area contributed by atoms with Crippen molar-refractivity contribution in [3.8, 4) is 0 Å². The Morgan fingerprint density at radius 2 is 2.09 bits per heavy atom. The van der Waals surface area contributed by atoms with E-state index in [0.29, 0.717) is 18.5 Å². The van der Waals surface area contributed by atoms with E-state index in [1.165, 1.54) is 11.0 Å². The highest BCUT2D eigenvalue weighted by Crippen LogP contribution is 2.19. The molecule has 1 fully saturated rings. The number of urea groups is 1. The van der Waals surface area contributed by atoms with E-state index in [1.54, 1.807) is 7.05 Å². The largest absolute Gasteiger partial charge is 0.357 e. The number of carbonyl (C=O) groups is 2. The van der Waals surface area contributed by atoms with Crippen LogP contribution in [0.15, 0.2) is 18.2 Å². The maximum absolute atomic E-state index is 13.2. The maximum Gasteiger partial charge on any atom is 0.318 e. The number of amides is 3. The lowest BCUT2D eigenvalue weighted by Crippen LogP contribution is -2.49. The van der Waals surface area contributed by atoms with E-state index in [2.05, 4.69) is 10.6 Å². The molecule has 0 bridgehead atoms. The normalized spacial score (nSPS) is 18.6. The summed E-state index contributed by atoms with van der Waals surface area (Å²) >= 11 is 0. The number of hydrogen-bond acceptors (Lipinski definition) is 2. The number of hydrogen-bond donors (Lipinski definition) is 2. The van der Waals surface area contributed by atoms with Gasteiger partial charge in [-0.05, 0) is 36.5 Å². The molecular weight excluding hydrogens is 304 g/mol. The lowest BCUT2D eigenvalue weighted by Gasteiger charge is -2.24. The maximum atomic E-state index is 13.2. The van der Waals surface area contributed by atoms with Gasteiger partial charge in [-0.3, -0.25) is 4.79 Å². The molecule has 1 aliphatic heterocycles. The van der Waals surface area contributed by atoms with Crippen LogP contribution < -0.4 is 10.6 Å². The van der Waals surface area contributed by atoms with Gasteiger partial charge in [-0.15, -0.1) is 0 Å². The minimum atomic E-state index is -0.903. The van der Waals surface area contributed by atoms with Crippen LogP contribution in [0.5, 0.6) is 0 Å². The minimum Gasteiger partial charge on any atom is -0.357 e. The van der Waals surface area contributed by atoms with Crippen LogP contribution in [-0.4, -0.2) is 43.0 Å². The predicted molar refractivity (Wildman–Crippen MR) is 82.0 cm³/mol. The van der Waals surface area contributed by atoms with Crippen LogP contribution in [0.3, 0.4) is 0 Å². The van der Waals surface area contributed by atoms with E-state index in [0.717, 1.165) is 18.6 Å². The molecule has 0 saturated carbocycles. The van der Waals surface area contributed by atoms with Gasteiger partial charge in [0.15, 0.2) is 11.6 Å². The van der Waals surface area contributed by atoms with Crippen LogP contribution in [-0.2, 0) is 4.79 Å². The Hall–Kier alpha value is -2.18. The third-order valence-electron chi connectivity index (χ3n) is 4.13. The summed E-state index contributed by atoms with van der Waals surface area (Å²) in [5.41, 5.74) is 0.605. The molecule has 2 atom stereocenters. The average Bonchev–Trinajstić information content (AvgIpc) is 3.03. The topological polar surface area (TPSA) is 61.4 Å². The number of likely N-dealkylation sites (tertiary alicyclic amines) is 1. The number of halogens is 2. The molecule has 7 heteroatoms. The summed E-state index contributed by atoms with van der Waals surface area (Å²) in [6.45, 7) is 2.62. The van der Waals surface area contributed by atoms with Gasteiger partial charge in [0.05, 0.1) is 0 Å². The van der Waals surface area contributed by atoms with Crippen molar-refractivity contribution >= 4 is 11.9 Å². The van der Waals surface area contributed by atoms with E-state index in [1.807, 2.05) is 6.92 Å². The third kappa shape index (κ3) is 3.97. The lowest BCUT2D eigenvalue weighted by atomic mass is 10.0. The van der Waals surface area contributed by atoms with Crippen LogP contribution >= 0.6 is 0 Å². The molecule has 1 aromatic carbocycles. The van der Waals surface area contributed by atoms with Gasteiger partial charge in [-0.2, -0.15) is 0 Å². The Balaban J connectivity index is 1.93. The standard InChI is InChI=1S/C16H21F2N3O2/c1-10(11-5-6-12(17)13(18)8-11)9-20-16(23)21-7-3-4-14(21)15(22)19-2/h5-6,8,10,14H,3-4,7,9H2,1-2H3,(H,19,22)(H,20,23)/t10-,14+/m1/s1. The summed E-state index contributed by atoms with van der Waals surface area (Å²) in [7, 11) is 1.54. The van der Waals surface area contributed by atoms with Crippen molar-refractivity contribution < 1.29 is 18.4 Å². The fourth-order valence-corrected chi connectivity index (χ4v) is 2.73. The van der Waals surface area contributed by atoms with E-state index < -0.39 is 17.7 Å². The van der Waals surface area contributed by atoms with Gasteiger partial charge < -0.3 is 15.5 Å². The zero-order chi connectivity index (χ0) is 17.0. The third-order valence-corrected chi connectivity index (χ3v) is 4.13. The van der Waals surface area contributed by atoms with Crippen molar-refractivity contribution in [3.63, 3.8) is 0 Å². The van der Waals surface area contributed by atoms with E-state index in [9.17, 15) is 18.4 Å². The highest BCUT2D eigenvalue weighted by molar-refractivity contribution is 5.87. The van der Waals surface area contributed by atoms with Gasteiger partial charge in [0.2, 0.25) is 5.91 Å². The Kier molecular flexibility index (Phi) is 5.52. The molecule has 0 radical (unpaired) electrons. The van der Waals surface area contributed by atoms with Crippen LogP contribution in [0.4, 0.5) is 13.6 Å². The molecule has 23 heavy (non-hydrogen) atoms. The molecule has 2 rings (SSSR count). The Morgan fingerprint density at radius 1 is 1.35 bits per heavy atom. The fraction of sp³-hybridized carbons (Fsp3) is 0.500. The smallest absolute Gasteiger partial charge is 0.318 e. The Morgan fingerprint density at radius 3 is 2.74 bits per heavy atom. The first kappa shape index (κ1) is 17.2. The summed E-state index contributed by atoms with van der Waals surface area (Å²) in [5, 5.41) is 5.31. The van der Waals surface area contributed by atoms with Crippen molar-refractivity contribution in [2.75, 3.05) is 20.1 Å². The summed E-state index contributed by atoms with van der Waals surface area (Å²) in [6.07, 6.45) is 1.43. The SMILES string of the molecule is CNC(=O)[C@@H]1CCCN1C(=O)NC[C@@H](C)c1ccc(F)c(F)c1. The summed E-state index contributed by atoms with van der Waals surface area (Å²) in [4.78, 5) is 25.5. The molecule has 0 aromatic heterocycles. The van der Waals surface area contributed by atoms with Crippen LogP contribution in [0.25, 0.3) is 0 Å². The second-order valence-corrected chi connectivity index (χ2v) is 5.73. The van der Waals surface area contributed by atoms with E-state index in [-0.39, 0.29) is 24.4 Å². The van der Waals surface area contributed by atoms with Gasteiger partial charge in [-0.25, -0.2) is 13.6 Å². The van der Waals surface area contributed by atoms with Gasteiger partial charge in [0.25, 0.3) is 0 Å². The minimum absolute atomic E-state index is 0.171. The molecule has 0 aliphatic carbocycles. The van der Waals surface area contributed by atoms with Crippen molar-refractivity contribution in [2.24, 2.45) is 0 Å². The molecule has 1 aliphatic rings.